The van der Waals surface area contributed by atoms with Gasteiger partial charge >= 0.3 is 546 Å². The van der Waals surface area contributed by atoms with E-state index in [2.05, 4.69) is 208 Å². The molecule has 3 atom stereocenters. The summed E-state index contributed by atoms with van der Waals surface area (Å²) in [5.41, 5.74) is 7.67. The summed E-state index contributed by atoms with van der Waals surface area (Å²) >= 11 is 0. The molecule has 0 amide bonds. The van der Waals surface area contributed by atoms with Gasteiger partial charge in [0.05, 0.1) is 0 Å². The van der Waals surface area contributed by atoms with Crippen molar-refractivity contribution in [3.8, 4) is 34.5 Å². The minimum absolute atomic E-state index is 0.601. The second-order valence-corrected chi connectivity index (χ2v) is 34.1. The quantitative estimate of drug-likeness (QED) is 0.0280. The second kappa shape index (κ2) is 44.6. The molecule has 0 aliphatic rings. The number of rotatable bonds is 52. The van der Waals surface area contributed by atoms with Crippen LogP contribution in [-0.4, -0.2) is 0 Å². The molecule has 92 heavy (non-hydrogen) atoms. The molecule has 0 heterocycles. The maximum atomic E-state index is 7.89. The van der Waals surface area contributed by atoms with Crippen molar-refractivity contribution in [3.05, 3.63) is 179 Å². The normalized spacial score (nSPS) is 13.1. The van der Waals surface area contributed by atoms with Gasteiger partial charge in [-0.25, -0.2) is 0 Å². The van der Waals surface area contributed by atoms with Gasteiger partial charge in [-0.3, -0.25) is 0 Å². The number of hydrogen-bond donors (Lipinski definition) is 0. The van der Waals surface area contributed by atoms with Crippen molar-refractivity contribution in [2.45, 2.75) is 293 Å². The number of benzene rings is 6. The van der Waals surface area contributed by atoms with Crippen LogP contribution in [0.25, 0.3) is 0 Å². The minimum atomic E-state index is -4.75. The molecule has 0 radical (unpaired) electrons. The molecule has 0 spiro atoms. The van der Waals surface area contributed by atoms with E-state index >= 15 is 0 Å². The van der Waals surface area contributed by atoms with Gasteiger partial charge < -0.3 is 0 Å². The summed E-state index contributed by atoms with van der Waals surface area (Å²) in [5.74, 6) is 5.42. The summed E-state index contributed by atoms with van der Waals surface area (Å²) < 4.78 is 47.3. The van der Waals surface area contributed by atoms with Crippen molar-refractivity contribution >= 4 is 15.3 Å². The van der Waals surface area contributed by atoms with Gasteiger partial charge in [0, 0.05) is 0 Å². The topological polar surface area (TPSA) is 55.4 Å². The molecule has 0 fully saturated rings. The predicted molar refractivity (Wildman–Crippen MR) is 401 cm³/mol. The summed E-state index contributed by atoms with van der Waals surface area (Å²) in [4.78, 5) is 0. The van der Waals surface area contributed by atoms with Gasteiger partial charge in [0.2, 0.25) is 0 Å². The average molecular weight is 1300 g/mol. The molecule has 8 heteroatoms. The fraction of sp³-hybridized carbons (Fsp3) is 0.571. The molecule has 0 aliphatic heterocycles. The molecule has 0 N–H and O–H groups in total. The van der Waals surface area contributed by atoms with E-state index in [-0.39, 0.29) is 0 Å². The molecule has 510 valence electrons. The first kappa shape index (κ1) is 76.0. The summed E-state index contributed by atoms with van der Waals surface area (Å²) in [7, 11) is -9.49. The number of hydrogen-bond acceptors (Lipinski definition) is 6. The predicted octanol–water partition coefficient (Wildman–Crippen LogP) is 27.4. The van der Waals surface area contributed by atoms with Gasteiger partial charge in [-0.15, -0.1) is 0 Å². The van der Waals surface area contributed by atoms with Gasteiger partial charge in [-0.05, 0) is 0 Å². The van der Waals surface area contributed by atoms with E-state index in [4.69, 9.17) is 27.1 Å². The summed E-state index contributed by atoms with van der Waals surface area (Å²) in [5, 5.41) is 0. The number of aryl methyl sites for hydroxylation is 3. The molecule has 0 aliphatic carbocycles. The van der Waals surface area contributed by atoms with Crippen LogP contribution in [0.3, 0.4) is 0 Å². The third-order valence-electron chi connectivity index (χ3n) is 19.1. The Hall–Kier alpha value is -5.02. The SMILES string of the molecule is CCCCCCCCc1ccc(O[PH](Oc2ccc(CCCCCCCC)cc2)(Oc2ccc(CCCCCCCC)cc2)[PH](Oc2ccc(CC(CC)CCCC)cc2)(Oc2ccc(CC(CC)CCCC)cc2)Oc2ccc(CC(CC)CCCC)cc2)cc1. The van der Waals surface area contributed by atoms with Crippen molar-refractivity contribution in [1.82, 2.24) is 0 Å². The second-order valence-electron chi connectivity index (χ2n) is 27.0. The fourth-order valence-corrected chi connectivity index (χ4v) is 20.9. The Morgan fingerprint density at radius 1 is 0.217 bits per heavy atom. The van der Waals surface area contributed by atoms with Crippen LogP contribution in [0.1, 0.15) is 288 Å². The van der Waals surface area contributed by atoms with E-state index in [0.29, 0.717) is 52.3 Å². The van der Waals surface area contributed by atoms with Crippen molar-refractivity contribution in [2.24, 2.45) is 17.8 Å². The first-order valence-electron chi connectivity index (χ1n) is 37.8. The monoisotopic (exact) mass is 1290 g/mol. The Kier molecular flexibility index (Phi) is 36.9. The number of unbranched alkanes of at least 4 members (excludes halogenated alkanes) is 18. The van der Waals surface area contributed by atoms with Gasteiger partial charge in [0.15, 0.2) is 0 Å². The van der Waals surface area contributed by atoms with Crippen molar-refractivity contribution in [1.29, 1.82) is 0 Å². The van der Waals surface area contributed by atoms with Crippen LogP contribution in [0.4, 0.5) is 0 Å². The van der Waals surface area contributed by atoms with E-state index in [9.17, 15) is 0 Å². The molecule has 3 unspecified atom stereocenters. The molecule has 0 saturated heterocycles. The van der Waals surface area contributed by atoms with Crippen LogP contribution >= 0.6 is 15.3 Å². The van der Waals surface area contributed by atoms with Crippen LogP contribution in [-0.2, 0) is 38.5 Å². The molecule has 0 aromatic heterocycles. The molecule has 6 aromatic rings. The Labute approximate surface area is 563 Å². The molecular weight excluding hydrogens is 1170 g/mol. The molecule has 6 rings (SSSR count). The Morgan fingerprint density at radius 2 is 0.402 bits per heavy atom. The van der Waals surface area contributed by atoms with E-state index in [1.54, 1.807) is 0 Å². The standard InChI is InChI=1S/C84H128O6P2/c1-10-19-25-28-31-34-40-73-43-55-79(56-44-73)85-91(86-80-57-45-74(46-58-80)41-35-32-29-26-20-11-2,87-81-59-47-75(48-60-81)42-36-33-30-27-21-12-3)92(88-82-61-49-76(50-62-82)67-70(16-7)37-22-13-4,89-83-63-51-77(52-64-83)68-71(17-8)38-23-14-5)90-84-65-53-78(54-66-84)69-72(18-9)39-24-15-6/h43-66,70-72,91-92H,10-42,67-69H2,1-9H3. The van der Waals surface area contributed by atoms with E-state index in [0.717, 1.165) is 77.0 Å². The molecule has 0 bridgehead atoms. The Bertz CT molecular complexity index is 2480. The average Bonchev–Trinajstić information content (AvgIpc) is 0.739. The van der Waals surface area contributed by atoms with Gasteiger partial charge in [-0.2, -0.15) is 0 Å². The van der Waals surface area contributed by atoms with Crippen molar-refractivity contribution in [2.75, 3.05) is 0 Å². The van der Waals surface area contributed by atoms with Crippen LogP contribution in [0.2, 0.25) is 0 Å². The zero-order valence-corrected chi connectivity index (χ0v) is 61.5. The summed E-state index contributed by atoms with van der Waals surface area (Å²) in [6, 6.07) is 51.9. The summed E-state index contributed by atoms with van der Waals surface area (Å²) in [6.07, 6.45) is 42.9. The Balaban J connectivity index is 1.60. The van der Waals surface area contributed by atoms with Crippen LogP contribution in [0.5, 0.6) is 34.5 Å². The molecule has 6 aromatic carbocycles. The van der Waals surface area contributed by atoms with Crippen LogP contribution in [0, 0.1) is 17.8 Å². The van der Waals surface area contributed by atoms with Crippen LogP contribution in [0.15, 0.2) is 146 Å². The van der Waals surface area contributed by atoms with E-state index in [1.165, 1.54) is 187 Å². The van der Waals surface area contributed by atoms with Crippen molar-refractivity contribution < 1.29 is 27.1 Å². The van der Waals surface area contributed by atoms with Gasteiger partial charge in [0.1, 0.15) is 0 Å². The van der Waals surface area contributed by atoms with Gasteiger partial charge in [0.25, 0.3) is 0 Å². The first-order chi connectivity index (χ1) is 45.1. The van der Waals surface area contributed by atoms with Gasteiger partial charge in [-0.1, -0.05) is 20.8 Å². The molecule has 6 nitrogen and oxygen atoms in total. The van der Waals surface area contributed by atoms with Crippen molar-refractivity contribution in [3.63, 3.8) is 0 Å². The first-order valence-corrected chi connectivity index (χ1v) is 42.2. The molecular formula is C84H128O6P2. The van der Waals surface area contributed by atoms with Crippen LogP contribution < -0.4 is 27.1 Å². The van der Waals surface area contributed by atoms with E-state index in [1.807, 2.05) is 0 Å². The molecule has 0 saturated carbocycles. The summed E-state index contributed by atoms with van der Waals surface area (Å²) in [6.45, 7) is 20.7. The zero-order chi connectivity index (χ0) is 65.3. The third-order valence-corrected chi connectivity index (χ3v) is 27.0. The zero-order valence-electron chi connectivity index (χ0n) is 59.5. The van der Waals surface area contributed by atoms with E-state index < -0.39 is 15.3 Å². The fourth-order valence-electron chi connectivity index (χ4n) is 12.8. The maximum absolute atomic E-state index is 7.89. The third kappa shape index (κ3) is 27.4. The Morgan fingerprint density at radius 3 is 0.598 bits per heavy atom.